The van der Waals surface area contributed by atoms with Gasteiger partial charge in [0, 0.05) is 22.9 Å². The summed E-state index contributed by atoms with van der Waals surface area (Å²) in [6, 6.07) is 15.3. The van der Waals surface area contributed by atoms with Crippen molar-refractivity contribution < 1.29 is 0 Å². The van der Waals surface area contributed by atoms with E-state index in [1.54, 1.807) is 18.6 Å². The van der Waals surface area contributed by atoms with Crippen molar-refractivity contribution >= 4 is 22.3 Å². The average Bonchev–Trinajstić information content (AvgIpc) is 2.55. The Morgan fingerprint density at radius 3 is 2.48 bits per heavy atom. The monoisotopic (exact) mass is 313 g/mol. The molecule has 3 aromatic rings. The topological polar surface area (TPSA) is 49.6 Å². The van der Waals surface area contributed by atoms with Crippen LogP contribution < -0.4 is 0 Å². The van der Waals surface area contributed by atoms with Crippen molar-refractivity contribution in [1.29, 1.82) is 4.78 Å². The molecule has 1 atom stereocenters. The summed E-state index contributed by atoms with van der Waals surface area (Å²) in [6.07, 6.45) is 4.97. The van der Waals surface area contributed by atoms with Gasteiger partial charge in [-0.2, -0.15) is 0 Å². The van der Waals surface area contributed by atoms with Crippen LogP contribution in [0.1, 0.15) is 0 Å². The molecular weight excluding hydrogens is 302 g/mol. The van der Waals surface area contributed by atoms with Gasteiger partial charge < -0.3 is 0 Å². The molecule has 0 bridgehead atoms. The van der Waals surface area contributed by atoms with Gasteiger partial charge in [0.1, 0.15) is 0 Å². The highest BCUT2D eigenvalue weighted by molar-refractivity contribution is 7.86. The lowest BCUT2D eigenvalue weighted by atomic mass is 10.1. The van der Waals surface area contributed by atoms with Crippen molar-refractivity contribution in [3.63, 3.8) is 0 Å². The first-order valence-electron chi connectivity index (χ1n) is 6.33. The Morgan fingerprint density at radius 1 is 0.952 bits per heavy atom. The van der Waals surface area contributed by atoms with Crippen molar-refractivity contribution in [3.05, 3.63) is 72.1 Å². The summed E-state index contributed by atoms with van der Waals surface area (Å²) >= 11 is 6.36. The third-order valence-corrected chi connectivity index (χ3v) is 5.01. The van der Waals surface area contributed by atoms with E-state index in [4.69, 9.17) is 16.4 Å². The van der Waals surface area contributed by atoms with Crippen molar-refractivity contribution in [3.8, 4) is 11.3 Å². The number of hydrogen-bond acceptors (Lipinski definition) is 3. The fourth-order valence-corrected chi connectivity index (χ4v) is 3.76. The van der Waals surface area contributed by atoms with Crippen LogP contribution in [-0.2, 0) is 10.7 Å². The van der Waals surface area contributed by atoms with Crippen LogP contribution in [0.25, 0.3) is 11.3 Å². The fraction of sp³-hybridized carbons (Fsp3) is 0. The quantitative estimate of drug-likeness (QED) is 0.768. The number of halogens is 1. The van der Waals surface area contributed by atoms with E-state index in [2.05, 4.69) is 9.97 Å². The van der Waals surface area contributed by atoms with E-state index in [1.165, 1.54) is 0 Å². The molecule has 0 aliphatic heterocycles. The highest BCUT2D eigenvalue weighted by Crippen LogP contribution is 2.33. The fourth-order valence-electron chi connectivity index (χ4n) is 2.03. The molecule has 3 rings (SSSR count). The van der Waals surface area contributed by atoms with E-state index in [1.807, 2.05) is 48.5 Å². The highest BCUT2D eigenvalue weighted by Gasteiger charge is 2.15. The number of hydrogen-bond donors (Lipinski definition) is 1. The minimum atomic E-state index is -0.870. The van der Waals surface area contributed by atoms with Crippen LogP contribution in [0, 0.1) is 4.78 Å². The molecule has 3 nitrogen and oxygen atoms in total. The second-order valence-corrected chi connectivity index (χ2v) is 6.23. The summed E-state index contributed by atoms with van der Waals surface area (Å²) in [5.41, 5.74) is 1.59. The molecule has 104 valence electrons. The molecule has 5 heteroatoms. The molecule has 0 spiro atoms. The zero-order chi connectivity index (χ0) is 14.7. The van der Waals surface area contributed by atoms with E-state index >= 15 is 0 Å². The Hall–Kier alpha value is -2.04. The summed E-state index contributed by atoms with van der Waals surface area (Å²) in [4.78, 5) is 10.1. The van der Waals surface area contributed by atoms with Crippen LogP contribution in [-0.4, -0.2) is 9.97 Å². The Balaban J connectivity index is 2.17. The second-order valence-electron chi connectivity index (χ2n) is 4.33. The van der Waals surface area contributed by atoms with Gasteiger partial charge in [0.2, 0.25) is 0 Å². The normalized spacial score (nSPS) is 12.0. The lowest BCUT2D eigenvalue weighted by Crippen LogP contribution is -1.97. The molecule has 1 N–H and O–H groups in total. The molecule has 0 saturated carbocycles. The van der Waals surface area contributed by atoms with E-state index in [0.717, 1.165) is 21.0 Å². The highest BCUT2D eigenvalue weighted by atomic mass is 35.5. The van der Waals surface area contributed by atoms with Crippen LogP contribution in [0.5, 0.6) is 0 Å². The molecule has 0 aliphatic rings. The van der Waals surface area contributed by atoms with Crippen LogP contribution in [0.2, 0.25) is 5.02 Å². The van der Waals surface area contributed by atoms with E-state index in [9.17, 15) is 0 Å². The third-order valence-electron chi connectivity index (χ3n) is 2.99. The predicted molar refractivity (Wildman–Crippen MR) is 85.5 cm³/mol. The van der Waals surface area contributed by atoms with Crippen LogP contribution in [0.3, 0.4) is 0 Å². The molecule has 21 heavy (non-hydrogen) atoms. The summed E-state index contributed by atoms with van der Waals surface area (Å²) in [5, 5.41) is 0.584. The van der Waals surface area contributed by atoms with E-state index < -0.39 is 10.7 Å². The Kier molecular flexibility index (Phi) is 4.08. The van der Waals surface area contributed by atoms with Crippen LogP contribution in [0.15, 0.2) is 76.9 Å². The number of benzene rings is 2. The van der Waals surface area contributed by atoms with Gasteiger partial charge >= 0.3 is 0 Å². The largest absolute Gasteiger partial charge is 0.271 e. The predicted octanol–water partition coefficient (Wildman–Crippen LogP) is 4.60. The number of rotatable bonds is 3. The van der Waals surface area contributed by atoms with Gasteiger partial charge in [-0.25, -0.2) is 0 Å². The molecule has 2 aromatic carbocycles. The van der Waals surface area contributed by atoms with E-state index in [-0.39, 0.29) is 0 Å². The first-order chi connectivity index (χ1) is 10.3. The first kappa shape index (κ1) is 13.9. The smallest absolute Gasteiger partial charge is 0.0897 e. The summed E-state index contributed by atoms with van der Waals surface area (Å²) in [5.74, 6) is 0. The second kappa shape index (κ2) is 6.16. The molecule has 0 aliphatic carbocycles. The lowest BCUT2D eigenvalue weighted by Gasteiger charge is -2.13. The molecule has 0 radical (unpaired) electrons. The molecule has 0 saturated heterocycles. The summed E-state index contributed by atoms with van der Waals surface area (Å²) in [6.45, 7) is 0. The minimum Gasteiger partial charge on any atom is -0.271 e. The van der Waals surface area contributed by atoms with Gasteiger partial charge in [-0.05, 0) is 28.9 Å². The van der Waals surface area contributed by atoms with Crippen molar-refractivity contribution in [2.75, 3.05) is 0 Å². The SMILES string of the molecule is N=S(c1ccccc1)c1c(Cl)cccc1-c1cnccn1. The molecule has 1 heterocycles. The van der Waals surface area contributed by atoms with Gasteiger partial charge in [-0.1, -0.05) is 41.9 Å². The zero-order valence-corrected chi connectivity index (χ0v) is 12.6. The minimum absolute atomic E-state index is 0.584. The standard InChI is InChI=1S/C16H12ClN3S/c17-14-8-4-7-13(15-11-19-9-10-20-15)16(14)21(18)12-5-2-1-3-6-12/h1-11,18H. The maximum absolute atomic E-state index is 8.58. The van der Waals surface area contributed by atoms with Gasteiger partial charge in [0.05, 0.1) is 21.8 Å². The van der Waals surface area contributed by atoms with Gasteiger partial charge in [0.15, 0.2) is 0 Å². The molecule has 0 fully saturated rings. The number of nitrogens with one attached hydrogen (secondary N) is 1. The van der Waals surface area contributed by atoms with Gasteiger partial charge in [-0.15, -0.1) is 0 Å². The molecule has 1 unspecified atom stereocenters. The van der Waals surface area contributed by atoms with Gasteiger partial charge in [-0.3, -0.25) is 14.7 Å². The Bertz CT molecular complexity index is 776. The molecule has 1 aromatic heterocycles. The molecular formula is C16H12ClN3S. The maximum atomic E-state index is 8.58. The Labute approximate surface area is 130 Å². The summed E-state index contributed by atoms with van der Waals surface area (Å²) < 4.78 is 8.58. The first-order valence-corrected chi connectivity index (χ1v) is 7.93. The zero-order valence-electron chi connectivity index (χ0n) is 11.0. The van der Waals surface area contributed by atoms with Crippen molar-refractivity contribution in [1.82, 2.24) is 9.97 Å². The lowest BCUT2D eigenvalue weighted by molar-refractivity contribution is 1.19. The number of aromatic nitrogens is 2. The van der Waals surface area contributed by atoms with E-state index in [0.29, 0.717) is 5.02 Å². The van der Waals surface area contributed by atoms with Crippen LogP contribution >= 0.6 is 11.6 Å². The molecule has 0 amide bonds. The van der Waals surface area contributed by atoms with Crippen molar-refractivity contribution in [2.24, 2.45) is 0 Å². The number of nitrogens with zero attached hydrogens (tertiary/aromatic N) is 2. The van der Waals surface area contributed by atoms with Crippen LogP contribution in [0.4, 0.5) is 0 Å². The Morgan fingerprint density at radius 2 is 1.76 bits per heavy atom. The van der Waals surface area contributed by atoms with Crippen molar-refractivity contribution in [2.45, 2.75) is 9.79 Å². The maximum Gasteiger partial charge on any atom is 0.0897 e. The average molecular weight is 314 g/mol. The third kappa shape index (κ3) is 2.86. The van der Waals surface area contributed by atoms with Gasteiger partial charge in [0.25, 0.3) is 0 Å². The summed E-state index contributed by atoms with van der Waals surface area (Å²) in [7, 11) is -0.870.